The Hall–Kier alpha value is -1.27. The maximum Gasteiger partial charge on any atom is 0.240 e. The Balaban J connectivity index is 2.20. The second kappa shape index (κ2) is 7.83. The summed E-state index contributed by atoms with van der Waals surface area (Å²) >= 11 is 0. The first-order valence-corrected chi connectivity index (χ1v) is 9.47. The molecule has 0 aromatic heterocycles. The standard InChI is InChI=1S/C16H25NO4S/c1-3-20-15-11-10-14(12-16(15)21-4-2)22(18,19)17-13-8-6-5-7-9-13/h10-13,17H,3-9H2,1-2H3. The van der Waals surface area contributed by atoms with Crippen LogP contribution in [0.3, 0.4) is 0 Å². The van der Waals surface area contributed by atoms with Gasteiger partial charge >= 0.3 is 0 Å². The third kappa shape index (κ3) is 4.36. The van der Waals surface area contributed by atoms with Gasteiger partial charge in [0.25, 0.3) is 0 Å². The van der Waals surface area contributed by atoms with Crippen LogP contribution in [0.1, 0.15) is 46.0 Å². The number of ether oxygens (including phenoxy) is 2. The van der Waals surface area contributed by atoms with Gasteiger partial charge in [0.1, 0.15) is 0 Å². The zero-order chi connectivity index (χ0) is 16.0. The van der Waals surface area contributed by atoms with Gasteiger partial charge in [-0.25, -0.2) is 13.1 Å². The van der Waals surface area contributed by atoms with Gasteiger partial charge in [0.15, 0.2) is 11.5 Å². The van der Waals surface area contributed by atoms with E-state index in [-0.39, 0.29) is 10.9 Å². The first-order chi connectivity index (χ1) is 10.6. The van der Waals surface area contributed by atoms with Crippen molar-refractivity contribution in [1.29, 1.82) is 0 Å². The monoisotopic (exact) mass is 327 g/mol. The summed E-state index contributed by atoms with van der Waals surface area (Å²) in [5.74, 6) is 1.04. The molecule has 0 atom stereocenters. The average molecular weight is 327 g/mol. The third-order valence-electron chi connectivity index (χ3n) is 3.75. The summed E-state index contributed by atoms with van der Waals surface area (Å²) in [6.45, 7) is 4.70. The molecule has 0 spiro atoms. The molecule has 1 aliphatic rings. The molecule has 0 heterocycles. The summed E-state index contributed by atoms with van der Waals surface area (Å²) < 4.78 is 38.8. The molecular formula is C16H25NO4S. The lowest BCUT2D eigenvalue weighted by atomic mass is 9.96. The van der Waals surface area contributed by atoms with Crippen molar-refractivity contribution in [2.75, 3.05) is 13.2 Å². The molecule has 1 aromatic rings. The highest BCUT2D eigenvalue weighted by molar-refractivity contribution is 7.89. The van der Waals surface area contributed by atoms with Crippen LogP contribution in [-0.4, -0.2) is 27.7 Å². The van der Waals surface area contributed by atoms with Crippen molar-refractivity contribution in [1.82, 2.24) is 4.72 Å². The fourth-order valence-electron chi connectivity index (χ4n) is 2.71. The molecule has 0 radical (unpaired) electrons. The zero-order valence-electron chi connectivity index (χ0n) is 13.3. The smallest absolute Gasteiger partial charge is 0.240 e. The maximum atomic E-state index is 12.5. The first-order valence-electron chi connectivity index (χ1n) is 7.98. The fourth-order valence-corrected chi connectivity index (χ4v) is 4.03. The van der Waals surface area contributed by atoms with Crippen molar-refractivity contribution in [3.05, 3.63) is 18.2 Å². The van der Waals surface area contributed by atoms with Crippen molar-refractivity contribution < 1.29 is 17.9 Å². The lowest BCUT2D eigenvalue weighted by Gasteiger charge is -2.22. The SMILES string of the molecule is CCOc1ccc(S(=O)(=O)NC2CCCCC2)cc1OCC. The summed E-state index contributed by atoms with van der Waals surface area (Å²) in [5.41, 5.74) is 0. The zero-order valence-corrected chi connectivity index (χ0v) is 14.1. The van der Waals surface area contributed by atoms with Gasteiger partial charge in [0, 0.05) is 12.1 Å². The lowest BCUT2D eigenvalue weighted by molar-refractivity contribution is 0.287. The van der Waals surface area contributed by atoms with Gasteiger partial charge in [-0.1, -0.05) is 19.3 Å². The molecular weight excluding hydrogens is 302 g/mol. The third-order valence-corrected chi connectivity index (χ3v) is 5.27. The number of hydrogen-bond donors (Lipinski definition) is 1. The number of nitrogens with one attached hydrogen (secondary N) is 1. The van der Waals surface area contributed by atoms with Crippen LogP contribution in [0.15, 0.2) is 23.1 Å². The molecule has 2 rings (SSSR count). The molecule has 0 aliphatic heterocycles. The molecule has 1 saturated carbocycles. The Kier molecular flexibility index (Phi) is 6.08. The molecule has 0 amide bonds. The first kappa shape index (κ1) is 17.1. The number of sulfonamides is 1. The predicted molar refractivity (Wildman–Crippen MR) is 86.0 cm³/mol. The van der Waals surface area contributed by atoms with E-state index in [1.54, 1.807) is 18.2 Å². The minimum atomic E-state index is -3.52. The van der Waals surface area contributed by atoms with Gasteiger partial charge in [-0.15, -0.1) is 0 Å². The van der Waals surface area contributed by atoms with Crippen LogP contribution < -0.4 is 14.2 Å². The molecule has 1 fully saturated rings. The van der Waals surface area contributed by atoms with Gasteiger partial charge in [-0.2, -0.15) is 0 Å². The van der Waals surface area contributed by atoms with Crippen molar-refractivity contribution in [2.24, 2.45) is 0 Å². The van der Waals surface area contributed by atoms with Crippen molar-refractivity contribution in [2.45, 2.75) is 56.9 Å². The molecule has 124 valence electrons. The molecule has 1 N–H and O–H groups in total. The van der Waals surface area contributed by atoms with Gasteiger partial charge in [-0.3, -0.25) is 0 Å². The Labute approximate surface area is 133 Å². The van der Waals surface area contributed by atoms with E-state index < -0.39 is 10.0 Å². The molecule has 22 heavy (non-hydrogen) atoms. The van der Waals surface area contributed by atoms with Crippen molar-refractivity contribution in [3.63, 3.8) is 0 Å². The normalized spacial score (nSPS) is 16.5. The summed E-state index contributed by atoms with van der Waals surface area (Å²) in [6, 6.07) is 4.81. The molecule has 1 aliphatic carbocycles. The van der Waals surface area contributed by atoms with E-state index >= 15 is 0 Å². The summed E-state index contributed by atoms with van der Waals surface area (Å²) in [5, 5.41) is 0. The van der Waals surface area contributed by atoms with Gasteiger partial charge < -0.3 is 9.47 Å². The highest BCUT2D eigenvalue weighted by Crippen LogP contribution is 2.30. The quantitative estimate of drug-likeness (QED) is 0.836. The average Bonchev–Trinajstić information content (AvgIpc) is 2.50. The summed E-state index contributed by atoms with van der Waals surface area (Å²) in [6.07, 6.45) is 5.18. The topological polar surface area (TPSA) is 64.6 Å². The summed E-state index contributed by atoms with van der Waals surface area (Å²) in [4.78, 5) is 0.227. The van der Waals surface area contributed by atoms with Crippen LogP contribution in [0.5, 0.6) is 11.5 Å². The van der Waals surface area contributed by atoms with Crippen LogP contribution in [0.2, 0.25) is 0 Å². The minimum absolute atomic E-state index is 0.0425. The predicted octanol–water partition coefficient (Wildman–Crippen LogP) is 3.10. The Bertz CT molecular complexity index is 580. The lowest BCUT2D eigenvalue weighted by Crippen LogP contribution is -2.36. The van der Waals surface area contributed by atoms with Crippen LogP contribution in [0, 0.1) is 0 Å². The van der Waals surface area contributed by atoms with Gasteiger partial charge in [0.05, 0.1) is 18.1 Å². The Morgan fingerprint density at radius 1 is 1.05 bits per heavy atom. The molecule has 0 unspecified atom stereocenters. The van der Waals surface area contributed by atoms with E-state index in [1.807, 2.05) is 13.8 Å². The van der Waals surface area contributed by atoms with E-state index in [0.29, 0.717) is 24.7 Å². The van der Waals surface area contributed by atoms with Crippen molar-refractivity contribution >= 4 is 10.0 Å². The molecule has 1 aromatic carbocycles. The maximum absolute atomic E-state index is 12.5. The van der Waals surface area contributed by atoms with E-state index in [9.17, 15) is 8.42 Å². The number of rotatable bonds is 7. The highest BCUT2D eigenvalue weighted by Gasteiger charge is 2.23. The van der Waals surface area contributed by atoms with Gasteiger partial charge in [-0.05, 0) is 38.8 Å². The molecule has 0 saturated heterocycles. The van der Waals surface area contributed by atoms with E-state index in [2.05, 4.69) is 4.72 Å². The second-order valence-corrected chi connectivity index (χ2v) is 7.14. The second-order valence-electron chi connectivity index (χ2n) is 5.43. The van der Waals surface area contributed by atoms with E-state index in [1.165, 1.54) is 6.42 Å². The summed E-state index contributed by atoms with van der Waals surface area (Å²) in [7, 11) is -3.52. The van der Waals surface area contributed by atoms with Crippen LogP contribution >= 0.6 is 0 Å². The minimum Gasteiger partial charge on any atom is -0.490 e. The molecule has 0 bridgehead atoms. The fraction of sp³-hybridized carbons (Fsp3) is 0.625. The van der Waals surface area contributed by atoms with E-state index in [4.69, 9.17) is 9.47 Å². The van der Waals surface area contributed by atoms with Crippen molar-refractivity contribution in [3.8, 4) is 11.5 Å². The largest absolute Gasteiger partial charge is 0.490 e. The number of benzene rings is 1. The Morgan fingerprint density at radius 2 is 1.68 bits per heavy atom. The van der Waals surface area contributed by atoms with Crippen LogP contribution in [0.4, 0.5) is 0 Å². The Morgan fingerprint density at radius 3 is 2.32 bits per heavy atom. The van der Waals surface area contributed by atoms with Crippen LogP contribution in [-0.2, 0) is 10.0 Å². The molecule has 5 nitrogen and oxygen atoms in total. The molecule has 6 heteroatoms. The number of hydrogen-bond acceptors (Lipinski definition) is 4. The van der Waals surface area contributed by atoms with Gasteiger partial charge in [0.2, 0.25) is 10.0 Å². The van der Waals surface area contributed by atoms with E-state index in [0.717, 1.165) is 25.7 Å². The van der Waals surface area contributed by atoms with Crippen LogP contribution in [0.25, 0.3) is 0 Å². The highest BCUT2D eigenvalue weighted by atomic mass is 32.2.